The third-order valence-corrected chi connectivity index (χ3v) is 15.5. The number of carboxylic acid groups (broad SMARTS) is 1. The minimum Gasteiger partial charge on any atom is -0.481 e. The van der Waals surface area contributed by atoms with Gasteiger partial charge < -0.3 is 35.0 Å². The van der Waals surface area contributed by atoms with E-state index >= 15 is 0 Å². The van der Waals surface area contributed by atoms with E-state index in [1.807, 2.05) is 0 Å². The van der Waals surface area contributed by atoms with Gasteiger partial charge in [0.15, 0.2) is 6.29 Å². The molecule has 1 heterocycles. The van der Waals surface area contributed by atoms with Crippen molar-refractivity contribution in [3.05, 3.63) is 11.6 Å². The average Bonchev–Trinajstić information content (AvgIpc) is 2.96. The van der Waals surface area contributed by atoms with Gasteiger partial charge in [0.25, 0.3) is 0 Å². The quantitative estimate of drug-likeness (QED) is 0.221. The Morgan fingerprint density at radius 1 is 0.909 bits per heavy atom. The van der Waals surface area contributed by atoms with Gasteiger partial charge in [0, 0.05) is 0 Å². The monoisotopic (exact) mass is 618 g/mol. The lowest BCUT2D eigenvalue weighted by Gasteiger charge is -2.71. The first-order valence-electron chi connectivity index (χ1n) is 17.4. The normalized spacial score (nSPS) is 55.1. The van der Waals surface area contributed by atoms with Crippen molar-refractivity contribution in [3.8, 4) is 0 Å². The molecule has 0 amide bonds. The lowest BCUT2D eigenvalue weighted by atomic mass is 9.33. The van der Waals surface area contributed by atoms with Crippen molar-refractivity contribution in [2.45, 2.75) is 143 Å². The second-order valence-corrected chi connectivity index (χ2v) is 17.3. The van der Waals surface area contributed by atoms with Crippen LogP contribution in [0.1, 0.15) is 106 Å². The van der Waals surface area contributed by atoms with E-state index in [1.165, 1.54) is 5.57 Å². The number of rotatable bonds is 4. The molecule has 15 atom stereocenters. The predicted molar refractivity (Wildman–Crippen MR) is 165 cm³/mol. The molecule has 5 aliphatic carbocycles. The topological polar surface area (TPSA) is 137 Å². The summed E-state index contributed by atoms with van der Waals surface area (Å²) in [6.45, 7) is 16.2. The zero-order valence-corrected chi connectivity index (χ0v) is 28.0. The second-order valence-electron chi connectivity index (χ2n) is 17.3. The Morgan fingerprint density at radius 3 is 2.27 bits per heavy atom. The molecule has 1 aliphatic heterocycles. The van der Waals surface area contributed by atoms with Crippen LogP contribution in [0.15, 0.2) is 11.6 Å². The Morgan fingerprint density at radius 2 is 1.61 bits per heavy atom. The molecule has 44 heavy (non-hydrogen) atoms. The Labute approximate surface area is 263 Å². The highest BCUT2D eigenvalue weighted by atomic mass is 16.7. The molecule has 0 radical (unpaired) electrons. The van der Waals surface area contributed by atoms with E-state index < -0.39 is 48.7 Å². The van der Waals surface area contributed by atoms with E-state index in [2.05, 4.69) is 54.5 Å². The molecule has 0 bridgehead atoms. The van der Waals surface area contributed by atoms with Crippen LogP contribution in [0.2, 0.25) is 0 Å². The summed E-state index contributed by atoms with van der Waals surface area (Å²) in [7, 11) is 0. The van der Waals surface area contributed by atoms with Crippen molar-refractivity contribution in [1.82, 2.24) is 0 Å². The van der Waals surface area contributed by atoms with Crippen LogP contribution in [0.25, 0.3) is 0 Å². The Balaban J connectivity index is 1.30. The van der Waals surface area contributed by atoms with Crippen molar-refractivity contribution < 1.29 is 39.8 Å². The van der Waals surface area contributed by atoms with Crippen molar-refractivity contribution in [3.63, 3.8) is 0 Å². The fraction of sp³-hybridized carbons (Fsp3) is 0.917. The van der Waals surface area contributed by atoms with E-state index in [0.717, 1.165) is 57.8 Å². The Hall–Kier alpha value is -1.03. The molecule has 8 nitrogen and oxygen atoms in total. The SMILES string of the molecule is C[C@H]1[C@H](C)CC[C@]2(C(=O)O)CC[C@]3(C)C(=CC[C@@H]4[C@@]5(C)CC[C@H](OC6O[C@H](CO)[C@H](O)[C@H](O)[C@H]6O)C(C)(C)C5CC[C@]43C)[C@H]12. The third kappa shape index (κ3) is 4.26. The van der Waals surface area contributed by atoms with Gasteiger partial charge in [-0.2, -0.15) is 0 Å². The summed E-state index contributed by atoms with van der Waals surface area (Å²) in [6.07, 6.45) is 4.29. The Bertz CT molecular complexity index is 1170. The average molecular weight is 619 g/mol. The van der Waals surface area contributed by atoms with E-state index in [4.69, 9.17) is 9.47 Å². The molecule has 8 heteroatoms. The standard InChI is InChI=1S/C36H58O8/c1-19-10-15-36(31(41)42)17-16-34(6)21(26(36)20(19)2)8-9-24-33(5)13-12-25(32(3,4)23(33)11-14-35(24,34)7)44-30-29(40)28(39)27(38)22(18-37)43-30/h8,19-20,22-30,37-40H,9-18H2,1-7H3,(H,41,42)/t19-,20+,22-,23?,24-,25+,26+,27+,28+,29-,30?,33+,34-,35-,36+/m1/s1. The number of hydrogen-bond acceptors (Lipinski definition) is 7. The first kappa shape index (κ1) is 32.9. The number of hydrogen-bond donors (Lipinski definition) is 5. The van der Waals surface area contributed by atoms with Crippen molar-refractivity contribution in [1.29, 1.82) is 0 Å². The van der Waals surface area contributed by atoms with Crippen LogP contribution in [0.3, 0.4) is 0 Å². The molecule has 0 aromatic rings. The van der Waals surface area contributed by atoms with Crippen molar-refractivity contribution in [2.24, 2.45) is 56.7 Å². The van der Waals surface area contributed by atoms with Crippen molar-refractivity contribution in [2.75, 3.05) is 6.61 Å². The summed E-state index contributed by atoms with van der Waals surface area (Å²) in [4.78, 5) is 13.0. The van der Waals surface area contributed by atoms with E-state index in [0.29, 0.717) is 23.7 Å². The van der Waals surface area contributed by atoms with E-state index in [1.54, 1.807) is 0 Å². The molecule has 2 unspecified atom stereocenters. The van der Waals surface area contributed by atoms with Crippen LogP contribution < -0.4 is 0 Å². The zero-order chi connectivity index (χ0) is 32.2. The summed E-state index contributed by atoms with van der Waals surface area (Å²) in [6, 6.07) is 0. The molecule has 0 aromatic carbocycles. The number of allylic oxidation sites excluding steroid dienone is 2. The minimum absolute atomic E-state index is 0.0351. The van der Waals surface area contributed by atoms with Crippen LogP contribution in [0.4, 0.5) is 0 Å². The molecular formula is C36H58O8. The fourth-order valence-corrected chi connectivity index (χ4v) is 12.4. The maximum Gasteiger partial charge on any atom is 0.310 e. The highest BCUT2D eigenvalue weighted by Crippen LogP contribution is 2.76. The Kier molecular flexibility index (Phi) is 8.03. The van der Waals surface area contributed by atoms with E-state index in [-0.39, 0.29) is 33.7 Å². The minimum atomic E-state index is -1.45. The zero-order valence-electron chi connectivity index (χ0n) is 28.0. The summed E-state index contributed by atoms with van der Waals surface area (Å²) in [5.41, 5.74) is 0.662. The smallest absolute Gasteiger partial charge is 0.310 e. The number of carboxylic acids is 1. The molecule has 0 aromatic heterocycles. The number of aliphatic carboxylic acids is 1. The number of aliphatic hydroxyl groups is 4. The molecule has 0 spiro atoms. The highest BCUT2D eigenvalue weighted by Gasteiger charge is 2.69. The highest BCUT2D eigenvalue weighted by molar-refractivity contribution is 5.76. The maximum absolute atomic E-state index is 13.0. The van der Waals surface area contributed by atoms with Crippen molar-refractivity contribution >= 4 is 5.97 Å². The van der Waals surface area contributed by atoms with Gasteiger partial charge in [-0.25, -0.2) is 0 Å². The van der Waals surface area contributed by atoms with Crippen LogP contribution in [0, 0.1) is 56.7 Å². The number of fused-ring (bicyclic) bond motifs is 7. The summed E-state index contributed by atoms with van der Waals surface area (Å²) in [5.74, 6) is 1.21. The van der Waals surface area contributed by atoms with Gasteiger partial charge in [0.1, 0.15) is 24.4 Å². The molecular weight excluding hydrogens is 560 g/mol. The first-order valence-corrected chi connectivity index (χ1v) is 17.4. The van der Waals surface area contributed by atoms with Gasteiger partial charge in [-0.1, -0.05) is 60.1 Å². The van der Waals surface area contributed by atoms with Gasteiger partial charge >= 0.3 is 5.97 Å². The third-order valence-electron chi connectivity index (χ3n) is 15.5. The van der Waals surface area contributed by atoms with E-state index in [9.17, 15) is 30.3 Å². The largest absolute Gasteiger partial charge is 0.481 e. The summed E-state index contributed by atoms with van der Waals surface area (Å²) in [5, 5.41) is 51.7. The molecule has 5 fully saturated rings. The van der Waals surface area contributed by atoms with Crippen LogP contribution in [-0.2, 0) is 14.3 Å². The second kappa shape index (κ2) is 10.7. The molecule has 250 valence electrons. The lowest BCUT2D eigenvalue weighted by Crippen LogP contribution is -2.66. The van der Waals surface area contributed by atoms with Gasteiger partial charge in [0.05, 0.1) is 18.1 Å². The van der Waals surface area contributed by atoms with Gasteiger partial charge in [-0.3, -0.25) is 4.79 Å². The number of ether oxygens (including phenoxy) is 2. The first-order chi connectivity index (χ1) is 20.5. The molecule has 5 N–H and O–H groups in total. The molecule has 6 rings (SSSR count). The fourth-order valence-electron chi connectivity index (χ4n) is 12.4. The van der Waals surface area contributed by atoms with Crippen LogP contribution >= 0.6 is 0 Å². The van der Waals surface area contributed by atoms with Gasteiger partial charge in [-0.15, -0.1) is 0 Å². The van der Waals surface area contributed by atoms with Crippen LogP contribution in [0.5, 0.6) is 0 Å². The number of carbonyl (C=O) groups is 1. The number of aliphatic hydroxyl groups excluding tert-OH is 4. The molecule has 4 saturated carbocycles. The summed E-state index contributed by atoms with van der Waals surface area (Å²) < 4.78 is 12.2. The molecule has 1 saturated heterocycles. The van der Waals surface area contributed by atoms with Gasteiger partial charge in [-0.05, 0) is 109 Å². The van der Waals surface area contributed by atoms with Crippen LogP contribution in [-0.4, -0.2) is 74.9 Å². The molecule has 6 aliphatic rings. The predicted octanol–water partition coefficient (Wildman–Crippen LogP) is 4.91. The lowest BCUT2D eigenvalue weighted by molar-refractivity contribution is -0.330. The van der Waals surface area contributed by atoms with Gasteiger partial charge in [0.2, 0.25) is 0 Å². The maximum atomic E-state index is 13.0. The summed E-state index contributed by atoms with van der Waals surface area (Å²) >= 11 is 0.